The number of hydrogen-bond donors (Lipinski definition) is 1. The van der Waals surface area contributed by atoms with E-state index in [0.29, 0.717) is 30.4 Å². The molecule has 0 saturated heterocycles. The molecule has 0 atom stereocenters. The Kier molecular flexibility index (Phi) is 3.54. The fourth-order valence-electron chi connectivity index (χ4n) is 2.97. The first-order chi connectivity index (χ1) is 11.7. The van der Waals surface area contributed by atoms with Crippen molar-refractivity contribution in [3.8, 4) is 0 Å². The third kappa shape index (κ3) is 2.44. The molecule has 24 heavy (non-hydrogen) atoms. The molecule has 2 aromatic carbocycles. The molecule has 120 valence electrons. The molecule has 4 rings (SSSR count). The molecule has 0 fully saturated rings. The normalized spacial score (nSPS) is 13.6. The van der Waals surface area contributed by atoms with Gasteiger partial charge in [0.15, 0.2) is 0 Å². The number of anilines is 1. The molecule has 0 spiro atoms. The summed E-state index contributed by atoms with van der Waals surface area (Å²) in [5.74, 6) is 0.433. The van der Waals surface area contributed by atoms with Crippen LogP contribution in [0.15, 0.2) is 59.6 Å². The Morgan fingerprint density at radius 1 is 1.17 bits per heavy atom. The van der Waals surface area contributed by atoms with Crippen molar-refractivity contribution >= 4 is 28.4 Å². The van der Waals surface area contributed by atoms with E-state index in [9.17, 15) is 4.79 Å². The van der Waals surface area contributed by atoms with Crippen molar-refractivity contribution in [1.82, 2.24) is 4.57 Å². The van der Waals surface area contributed by atoms with E-state index in [-0.39, 0.29) is 5.91 Å². The van der Waals surface area contributed by atoms with Crippen molar-refractivity contribution in [2.24, 2.45) is 12.0 Å². The highest BCUT2D eigenvalue weighted by Gasteiger charge is 2.18. The van der Waals surface area contributed by atoms with E-state index in [1.807, 2.05) is 66.2 Å². The molecule has 0 radical (unpaired) electrons. The first kappa shape index (κ1) is 14.5. The summed E-state index contributed by atoms with van der Waals surface area (Å²) < 4.78 is 7.43. The molecular formula is C19H17N3O2. The number of amides is 1. The molecule has 0 aliphatic carbocycles. The maximum atomic E-state index is 12.8. The van der Waals surface area contributed by atoms with E-state index in [0.717, 1.165) is 16.5 Å². The summed E-state index contributed by atoms with van der Waals surface area (Å²) in [7, 11) is 1.90. The van der Waals surface area contributed by atoms with Gasteiger partial charge in [-0.15, -0.1) is 0 Å². The summed E-state index contributed by atoms with van der Waals surface area (Å²) in [6.45, 7) is 1.24. The lowest BCUT2D eigenvalue weighted by molar-refractivity contribution is 0.101. The average Bonchev–Trinajstić information content (AvgIpc) is 3.24. The molecule has 0 bridgehead atoms. The number of aryl methyl sites for hydroxylation is 1. The minimum Gasteiger partial charge on any atom is -0.475 e. The van der Waals surface area contributed by atoms with Gasteiger partial charge in [-0.1, -0.05) is 30.3 Å². The van der Waals surface area contributed by atoms with Crippen LogP contribution in [0.1, 0.15) is 16.1 Å². The molecule has 1 aromatic heterocycles. The number of ether oxygens (including phenoxy) is 1. The van der Waals surface area contributed by atoms with Crippen LogP contribution >= 0.6 is 0 Å². The monoisotopic (exact) mass is 319 g/mol. The zero-order valence-electron chi connectivity index (χ0n) is 13.3. The lowest BCUT2D eigenvalue weighted by Gasteiger charge is -2.11. The van der Waals surface area contributed by atoms with Crippen LogP contribution in [0.5, 0.6) is 0 Å². The highest BCUT2D eigenvalue weighted by atomic mass is 16.5. The minimum absolute atomic E-state index is 0.153. The third-order valence-electron chi connectivity index (χ3n) is 4.18. The maximum absolute atomic E-state index is 12.8. The smallest absolute Gasteiger partial charge is 0.272 e. The molecule has 1 aliphatic heterocycles. The van der Waals surface area contributed by atoms with E-state index in [1.165, 1.54) is 0 Å². The highest BCUT2D eigenvalue weighted by molar-refractivity contribution is 6.10. The predicted molar refractivity (Wildman–Crippen MR) is 94.7 cm³/mol. The number of aromatic nitrogens is 1. The first-order valence-corrected chi connectivity index (χ1v) is 7.86. The Labute approximate surface area is 139 Å². The van der Waals surface area contributed by atoms with E-state index in [1.54, 1.807) is 0 Å². The van der Waals surface area contributed by atoms with Crippen LogP contribution in [0, 0.1) is 0 Å². The minimum atomic E-state index is -0.153. The number of nitrogens with one attached hydrogen (secondary N) is 1. The van der Waals surface area contributed by atoms with Crippen molar-refractivity contribution < 1.29 is 9.53 Å². The summed E-state index contributed by atoms with van der Waals surface area (Å²) >= 11 is 0. The standard InChI is InChI=1S/C19H17N3O2/c1-22-16-9-5-2-6-13(16)12-17(22)18(23)21-15-8-4-3-7-14(15)19-20-10-11-24-19/h2-9,12H,10-11H2,1H3,(H,21,23). The molecule has 5 nitrogen and oxygen atoms in total. The van der Waals surface area contributed by atoms with Crippen LogP contribution in [0.3, 0.4) is 0 Å². The van der Waals surface area contributed by atoms with Crippen LogP contribution in [-0.4, -0.2) is 29.5 Å². The van der Waals surface area contributed by atoms with Gasteiger partial charge >= 0.3 is 0 Å². The molecule has 5 heteroatoms. The van der Waals surface area contributed by atoms with Gasteiger partial charge in [0.25, 0.3) is 5.91 Å². The van der Waals surface area contributed by atoms with Crippen molar-refractivity contribution in [2.75, 3.05) is 18.5 Å². The number of nitrogens with zero attached hydrogens (tertiary/aromatic N) is 2. The topological polar surface area (TPSA) is 55.6 Å². The second kappa shape index (κ2) is 5.85. The van der Waals surface area contributed by atoms with Crippen LogP contribution in [0.4, 0.5) is 5.69 Å². The van der Waals surface area contributed by atoms with Gasteiger partial charge in [-0.25, -0.2) is 4.99 Å². The molecular weight excluding hydrogens is 302 g/mol. The maximum Gasteiger partial charge on any atom is 0.272 e. The van der Waals surface area contributed by atoms with Gasteiger partial charge in [-0.2, -0.15) is 0 Å². The zero-order valence-corrected chi connectivity index (χ0v) is 13.3. The number of para-hydroxylation sites is 2. The van der Waals surface area contributed by atoms with Crippen LogP contribution < -0.4 is 5.32 Å². The largest absolute Gasteiger partial charge is 0.475 e. The van der Waals surface area contributed by atoms with E-state index in [4.69, 9.17) is 4.74 Å². The fraction of sp³-hybridized carbons (Fsp3) is 0.158. The fourth-order valence-corrected chi connectivity index (χ4v) is 2.97. The Hall–Kier alpha value is -3.08. The Bertz CT molecular complexity index is 956. The molecule has 1 amide bonds. The predicted octanol–water partition coefficient (Wildman–Crippen LogP) is 3.21. The first-order valence-electron chi connectivity index (χ1n) is 7.86. The SMILES string of the molecule is Cn1c(C(=O)Nc2ccccc2C2=NCCO2)cc2ccccc21. The van der Waals surface area contributed by atoms with Crippen molar-refractivity contribution in [3.05, 3.63) is 65.9 Å². The van der Waals surface area contributed by atoms with Gasteiger partial charge in [0, 0.05) is 18.0 Å². The second-order valence-corrected chi connectivity index (χ2v) is 5.68. The molecule has 1 aliphatic rings. The quantitative estimate of drug-likeness (QED) is 0.806. The number of rotatable bonds is 3. The van der Waals surface area contributed by atoms with E-state index in [2.05, 4.69) is 10.3 Å². The van der Waals surface area contributed by atoms with Crippen LogP contribution in [0.2, 0.25) is 0 Å². The summed E-state index contributed by atoms with van der Waals surface area (Å²) in [6.07, 6.45) is 0. The average molecular weight is 319 g/mol. The number of aliphatic imine (C=N–C) groups is 1. The Morgan fingerprint density at radius 2 is 1.96 bits per heavy atom. The van der Waals surface area contributed by atoms with Crippen LogP contribution in [-0.2, 0) is 11.8 Å². The van der Waals surface area contributed by atoms with Gasteiger partial charge in [0.1, 0.15) is 12.3 Å². The third-order valence-corrected chi connectivity index (χ3v) is 4.18. The van der Waals surface area contributed by atoms with Gasteiger partial charge in [0.05, 0.1) is 17.8 Å². The zero-order chi connectivity index (χ0) is 16.5. The van der Waals surface area contributed by atoms with Crippen molar-refractivity contribution in [1.29, 1.82) is 0 Å². The lowest BCUT2D eigenvalue weighted by Crippen LogP contribution is -2.17. The second-order valence-electron chi connectivity index (χ2n) is 5.68. The number of benzene rings is 2. The lowest BCUT2D eigenvalue weighted by atomic mass is 10.1. The molecule has 2 heterocycles. The van der Waals surface area contributed by atoms with Gasteiger partial charge < -0.3 is 14.6 Å². The van der Waals surface area contributed by atoms with E-state index < -0.39 is 0 Å². The van der Waals surface area contributed by atoms with Gasteiger partial charge in [0.2, 0.25) is 5.90 Å². The molecule has 0 saturated carbocycles. The Balaban J connectivity index is 1.68. The molecule has 0 unspecified atom stereocenters. The van der Waals surface area contributed by atoms with Crippen molar-refractivity contribution in [3.63, 3.8) is 0 Å². The summed E-state index contributed by atoms with van der Waals surface area (Å²) in [5, 5.41) is 4.03. The van der Waals surface area contributed by atoms with Gasteiger partial charge in [-0.3, -0.25) is 4.79 Å². The summed E-state index contributed by atoms with van der Waals surface area (Å²) in [5.41, 5.74) is 3.15. The number of carbonyl (C=O) groups excluding carboxylic acids is 1. The van der Waals surface area contributed by atoms with E-state index >= 15 is 0 Å². The molecule has 3 aromatic rings. The summed E-state index contributed by atoms with van der Waals surface area (Å²) in [4.78, 5) is 17.1. The summed E-state index contributed by atoms with van der Waals surface area (Å²) in [6, 6.07) is 17.4. The van der Waals surface area contributed by atoms with Crippen molar-refractivity contribution in [2.45, 2.75) is 0 Å². The highest BCUT2D eigenvalue weighted by Crippen LogP contribution is 2.22. The number of hydrogen-bond acceptors (Lipinski definition) is 3. The van der Waals surface area contributed by atoms with Gasteiger partial charge in [-0.05, 0) is 24.3 Å². The Morgan fingerprint density at radius 3 is 2.75 bits per heavy atom. The van der Waals surface area contributed by atoms with Crippen LogP contribution in [0.25, 0.3) is 10.9 Å². The molecule has 1 N–H and O–H groups in total. The number of carbonyl (C=O) groups is 1. The number of fused-ring (bicyclic) bond motifs is 1.